The van der Waals surface area contributed by atoms with E-state index in [0.29, 0.717) is 24.5 Å². The second-order valence-corrected chi connectivity index (χ2v) is 7.48. The standard InChI is InChI=1S/C15H19N3O2S/c1-11-8-12(2)15(13(3)9-11)21(19,20)18-7-6-17-5-4-16-14(17)10-18/h4-5,8-9H,6-7,10H2,1-3H3. The lowest BCUT2D eigenvalue weighted by Crippen LogP contribution is -2.38. The molecule has 2 aromatic rings. The van der Waals surface area contributed by atoms with E-state index in [-0.39, 0.29) is 0 Å². The molecule has 0 saturated carbocycles. The molecule has 0 saturated heterocycles. The van der Waals surface area contributed by atoms with Crippen molar-refractivity contribution < 1.29 is 8.42 Å². The molecule has 0 amide bonds. The number of sulfonamides is 1. The van der Waals surface area contributed by atoms with Gasteiger partial charge in [0, 0.05) is 25.5 Å². The number of hydrogen-bond acceptors (Lipinski definition) is 3. The maximum absolute atomic E-state index is 13.0. The van der Waals surface area contributed by atoms with Crippen LogP contribution in [0.4, 0.5) is 0 Å². The molecular formula is C15H19N3O2S. The molecule has 1 aromatic heterocycles. The van der Waals surface area contributed by atoms with Crippen LogP contribution in [0.1, 0.15) is 22.5 Å². The van der Waals surface area contributed by atoms with E-state index in [0.717, 1.165) is 22.5 Å². The van der Waals surface area contributed by atoms with Gasteiger partial charge in [-0.2, -0.15) is 4.31 Å². The summed E-state index contributed by atoms with van der Waals surface area (Å²) in [6.45, 7) is 7.17. The van der Waals surface area contributed by atoms with E-state index in [1.165, 1.54) is 4.31 Å². The zero-order chi connectivity index (χ0) is 15.2. The quantitative estimate of drug-likeness (QED) is 0.853. The van der Waals surface area contributed by atoms with Crippen LogP contribution in [0, 0.1) is 20.8 Å². The van der Waals surface area contributed by atoms with Gasteiger partial charge in [0.2, 0.25) is 10.0 Å². The molecule has 2 heterocycles. The number of fused-ring (bicyclic) bond motifs is 1. The van der Waals surface area contributed by atoms with Crippen molar-refractivity contribution in [2.45, 2.75) is 38.8 Å². The minimum Gasteiger partial charge on any atom is -0.333 e. The molecule has 5 nitrogen and oxygen atoms in total. The molecule has 0 spiro atoms. The van der Waals surface area contributed by atoms with Crippen molar-refractivity contribution in [2.75, 3.05) is 6.54 Å². The molecule has 112 valence electrons. The third-order valence-corrected chi connectivity index (χ3v) is 6.06. The fourth-order valence-corrected chi connectivity index (χ4v) is 4.86. The Morgan fingerprint density at radius 3 is 2.43 bits per heavy atom. The Kier molecular flexibility index (Phi) is 3.37. The normalized spacial score (nSPS) is 16.0. The highest BCUT2D eigenvalue weighted by Gasteiger charge is 2.31. The first-order valence-corrected chi connectivity index (χ1v) is 8.41. The van der Waals surface area contributed by atoms with Crippen molar-refractivity contribution in [3.8, 4) is 0 Å². The van der Waals surface area contributed by atoms with Crippen LogP contribution in [0.5, 0.6) is 0 Å². The van der Waals surface area contributed by atoms with Gasteiger partial charge in [0.05, 0.1) is 11.4 Å². The van der Waals surface area contributed by atoms with E-state index >= 15 is 0 Å². The highest BCUT2D eigenvalue weighted by molar-refractivity contribution is 7.89. The molecule has 1 aromatic carbocycles. The van der Waals surface area contributed by atoms with Gasteiger partial charge in [-0.1, -0.05) is 17.7 Å². The summed E-state index contributed by atoms with van der Waals surface area (Å²) >= 11 is 0. The number of hydrogen-bond donors (Lipinski definition) is 0. The monoisotopic (exact) mass is 305 g/mol. The van der Waals surface area contributed by atoms with E-state index in [1.54, 1.807) is 6.20 Å². The zero-order valence-corrected chi connectivity index (χ0v) is 13.3. The summed E-state index contributed by atoms with van der Waals surface area (Å²) in [6, 6.07) is 3.84. The van der Waals surface area contributed by atoms with Crippen LogP contribution in [0.3, 0.4) is 0 Å². The number of aryl methyl sites for hydroxylation is 3. The van der Waals surface area contributed by atoms with Crippen LogP contribution in [0.15, 0.2) is 29.4 Å². The summed E-state index contributed by atoms with van der Waals surface area (Å²) in [5, 5.41) is 0. The Morgan fingerprint density at radius 2 is 1.76 bits per heavy atom. The summed E-state index contributed by atoms with van der Waals surface area (Å²) in [7, 11) is -3.48. The summed E-state index contributed by atoms with van der Waals surface area (Å²) in [5.74, 6) is 0.798. The highest BCUT2D eigenvalue weighted by Crippen LogP contribution is 2.27. The molecule has 1 aliphatic rings. The fraction of sp³-hybridized carbons (Fsp3) is 0.400. The fourth-order valence-electron chi connectivity index (χ4n) is 3.06. The lowest BCUT2D eigenvalue weighted by atomic mass is 10.1. The van der Waals surface area contributed by atoms with Crippen molar-refractivity contribution in [1.82, 2.24) is 13.9 Å². The molecule has 0 aliphatic carbocycles. The Bertz CT molecular complexity index is 770. The maximum atomic E-state index is 13.0. The van der Waals surface area contributed by atoms with E-state index in [9.17, 15) is 8.42 Å². The number of aromatic nitrogens is 2. The van der Waals surface area contributed by atoms with E-state index in [1.807, 2.05) is 43.7 Å². The van der Waals surface area contributed by atoms with Crippen LogP contribution in [0.25, 0.3) is 0 Å². The van der Waals surface area contributed by atoms with Crippen LogP contribution in [-0.4, -0.2) is 28.8 Å². The molecule has 0 unspecified atom stereocenters. The number of imidazole rings is 1. The third kappa shape index (κ3) is 2.38. The smallest absolute Gasteiger partial charge is 0.244 e. The second kappa shape index (κ2) is 4.96. The van der Waals surface area contributed by atoms with Crippen molar-refractivity contribution in [2.24, 2.45) is 0 Å². The molecule has 6 heteroatoms. The first kappa shape index (κ1) is 14.3. The summed E-state index contributed by atoms with van der Waals surface area (Å²) in [6.07, 6.45) is 3.61. The first-order chi connectivity index (χ1) is 9.89. The van der Waals surface area contributed by atoms with Gasteiger partial charge in [-0.25, -0.2) is 13.4 Å². The predicted molar refractivity (Wildman–Crippen MR) is 80.5 cm³/mol. The number of rotatable bonds is 2. The van der Waals surface area contributed by atoms with Gasteiger partial charge in [-0.05, 0) is 31.9 Å². The van der Waals surface area contributed by atoms with Crippen molar-refractivity contribution in [3.63, 3.8) is 0 Å². The van der Waals surface area contributed by atoms with Crippen molar-refractivity contribution in [1.29, 1.82) is 0 Å². The molecule has 0 radical (unpaired) electrons. The van der Waals surface area contributed by atoms with E-state index in [4.69, 9.17) is 0 Å². The molecular weight excluding hydrogens is 286 g/mol. The van der Waals surface area contributed by atoms with Crippen LogP contribution in [0.2, 0.25) is 0 Å². The lowest BCUT2D eigenvalue weighted by Gasteiger charge is -2.28. The average molecular weight is 305 g/mol. The van der Waals surface area contributed by atoms with Crippen LogP contribution < -0.4 is 0 Å². The molecule has 0 bridgehead atoms. The van der Waals surface area contributed by atoms with Gasteiger partial charge >= 0.3 is 0 Å². The van der Waals surface area contributed by atoms with Gasteiger partial charge in [0.1, 0.15) is 5.82 Å². The first-order valence-electron chi connectivity index (χ1n) is 6.97. The SMILES string of the molecule is Cc1cc(C)c(S(=O)(=O)N2CCn3ccnc3C2)c(C)c1. The Hall–Kier alpha value is -1.66. The van der Waals surface area contributed by atoms with E-state index in [2.05, 4.69) is 4.98 Å². The Balaban J connectivity index is 2.03. The van der Waals surface area contributed by atoms with Gasteiger partial charge in [-0.3, -0.25) is 0 Å². The van der Waals surface area contributed by atoms with Gasteiger partial charge in [0.15, 0.2) is 0 Å². The van der Waals surface area contributed by atoms with Crippen LogP contribution >= 0.6 is 0 Å². The summed E-state index contributed by atoms with van der Waals surface area (Å²) in [5.41, 5.74) is 2.70. The van der Waals surface area contributed by atoms with Crippen molar-refractivity contribution in [3.05, 3.63) is 47.0 Å². The summed E-state index contributed by atoms with van der Waals surface area (Å²) < 4.78 is 29.5. The molecule has 1 aliphatic heterocycles. The van der Waals surface area contributed by atoms with Crippen LogP contribution in [-0.2, 0) is 23.1 Å². The Morgan fingerprint density at radius 1 is 1.10 bits per heavy atom. The topological polar surface area (TPSA) is 55.2 Å². The third-order valence-electron chi connectivity index (χ3n) is 3.91. The van der Waals surface area contributed by atoms with Gasteiger partial charge in [-0.15, -0.1) is 0 Å². The number of nitrogens with zero attached hydrogens (tertiary/aromatic N) is 3. The van der Waals surface area contributed by atoms with Gasteiger partial charge < -0.3 is 4.57 Å². The molecule has 0 fully saturated rings. The maximum Gasteiger partial charge on any atom is 0.244 e. The largest absolute Gasteiger partial charge is 0.333 e. The van der Waals surface area contributed by atoms with Crippen molar-refractivity contribution >= 4 is 10.0 Å². The Labute approximate surface area is 125 Å². The number of benzene rings is 1. The minimum absolute atomic E-state index is 0.335. The lowest BCUT2D eigenvalue weighted by molar-refractivity contribution is 0.335. The predicted octanol–water partition coefficient (Wildman–Crippen LogP) is 2.01. The molecule has 3 rings (SSSR count). The minimum atomic E-state index is -3.48. The van der Waals surface area contributed by atoms with E-state index < -0.39 is 10.0 Å². The molecule has 0 N–H and O–H groups in total. The highest BCUT2D eigenvalue weighted by atomic mass is 32.2. The summed E-state index contributed by atoms with van der Waals surface area (Å²) in [4.78, 5) is 4.67. The average Bonchev–Trinajstić information content (AvgIpc) is 2.83. The zero-order valence-electron chi connectivity index (χ0n) is 12.5. The molecule has 21 heavy (non-hydrogen) atoms. The second-order valence-electron chi connectivity index (χ2n) is 5.60. The molecule has 0 atom stereocenters. The van der Waals surface area contributed by atoms with Gasteiger partial charge in [0.25, 0.3) is 0 Å².